The van der Waals surface area contributed by atoms with Crippen molar-refractivity contribution in [1.82, 2.24) is 0 Å². The lowest BCUT2D eigenvalue weighted by Gasteiger charge is -2.42. The number of hydrogen-bond acceptors (Lipinski definition) is 0. The number of rotatable bonds is 12. The summed E-state index contributed by atoms with van der Waals surface area (Å²) in [5, 5.41) is 0. The highest BCUT2D eigenvalue weighted by molar-refractivity contribution is 5.27. The predicted molar refractivity (Wildman–Crippen MR) is 106 cm³/mol. The molecule has 1 nitrogen and oxygen atoms in total. The van der Waals surface area contributed by atoms with E-state index >= 15 is 0 Å². The Bertz CT molecular complexity index is 443. The van der Waals surface area contributed by atoms with E-state index in [9.17, 15) is 0 Å². The number of fused-ring (bicyclic) bond motifs is 1. The number of hydrogen-bond donors (Lipinski definition) is 0. The Labute approximate surface area is 167 Å². The second kappa shape index (κ2) is 12.9. The topological polar surface area (TPSA) is 0 Å². The zero-order valence-electron chi connectivity index (χ0n) is 16.7. The van der Waals surface area contributed by atoms with Gasteiger partial charge < -0.3 is 21.5 Å². The summed E-state index contributed by atoms with van der Waals surface area (Å²) in [4.78, 5) is 0. The summed E-state index contributed by atoms with van der Waals surface area (Å²) < 4.78 is 1.37. The smallest absolute Gasteiger partial charge is 0.105 e. The summed E-state index contributed by atoms with van der Waals surface area (Å²) >= 11 is 0. The van der Waals surface area contributed by atoms with Crippen molar-refractivity contribution in [2.24, 2.45) is 0 Å². The molecule has 0 N–H and O–H groups in total. The summed E-state index contributed by atoms with van der Waals surface area (Å²) in [6.07, 6.45) is 15.4. The van der Waals surface area contributed by atoms with Gasteiger partial charge in [0.25, 0.3) is 0 Å². The molecule has 0 fully saturated rings. The third-order valence-electron chi connectivity index (χ3n) is 5.95. The fraction of sp³-hybridized carbons (Fsp3) is 0.739. The summed E-state index contributed by atoms with van der Waals surface area (Å²) in [5.41, 5.74) is 3.24. The standard InChI is InChI=1S/C23H40N.BrH/c1-3-5-7-9-13-18-24(19-14-10-8-6-4-2)20-17-22-15-11-12-16-23(22)21-24;/h11-12,15-16H,3-10,13-14,17-21H2,1-2H3;1H/q+1;/p-1. The SMILES string of the molecule is CCCCCCC[N+]1(CCCCCCC)CCc2ccccc2C1.[Br-]. The molecule has 1 aromatic rings. The molecule has 0 atom stereocenters. The molecule has 1 aliphatic heterocycles. The first-order valence-electron chi connectivity index (χ1n) is 10.7. The number of halogens is 1. The van der Waals surface area contributed by atoms with Gasteiger partial charge in [-0.2, -0.15) is 0 Å². The van der Waals surface area contributed by atoms with Gasteiger partial charge in [0.1, 0.15) is 6.54 Å². The molecule has 0 bridgehead atoms. The molecular formula is C23H40BrN. The van der Waals surface area contributed by atoms with E-state index in [4.69, 9.17) is 0 Å². The van der Waals surface area contributed by atoms with Gasteiger partial charge in [0.05, 0.1) is 19.6 Å². The Morgan fingerprint density at radius 1 is 0.720 bits per heavy atom. The van der Waals surface area contributed by atoms with Crippen LogP contribution in [0.1, 0.15) is 89.2 Å². The third kappa shape index (κ3) is 7.83. The minimum Gasteiger partial charge on any atom is -1.00 e. The van der Waals surface area contributed by atoms with Crippen LogP contribution in [0.3, 0.4) is 0 Å². The summed E-state index contributed by atoms with van der Waals surface area (Å²) in [5.74, 6) is 0. The molecule has 0 aromatic heterocycles. The van der Waals surface area contributed by atoms with Gasteiger partial charge in [-0.05, 0) is 31.2 Å². The molecule has 144 valence electrons. The van der Waals surface area contributed by atoms with Gasteiger partial charge in [-0.25, -0.2) is 0 Å². The molecule has 1 aliphatic rings. The normalized spacial score (nSPS) is 15.4. The summed E-state index contributed by atoms with van der Waals surface area (Å²) in [6, 6.07) is 9.19. The maximum absolute atomic E-state index is 2.38. The molecule has 0 radical (unpaired) electrons. The Morgan fingerprint density at radius 2 is 1.24 bits per heavy atom. The van der Waals surface area contributed by atoms with Crippen LogP contribution in [0.25, 0.3) is 0 Å². The number of nitrogens with zero attached hydrogens (tertiary/aromatic N) is 1. The molecular weight excluding hydrogens is 370 g/mol. The fourth-order valence-electron chi connectivity index (χ4n) is 4.35. The second-order valence-corrected chi connectivity index (χ2v) is 8.02. The molecule has 2 rings (SSSR count). The van der Waals surface area contributed by atoms with Crippen LogP contribution in [-0.4, -0.2) is 24.1 Å². The molecule has 0 aliphatic carbocycles. The lowest BCUT2D eigenvalue weighted by atomic mass is 9.96. The molecule has 25 heavy (non-hydrogen) atoms. The lowest BCUT2D eigenvalue weighted by molar-refractivity contribution is -0.943. The first kappa shape index (κ1) is 22.7. The Hall–Kier alpha value is -0.340. The maximum atomic E-state index is 2.38. The van der Waals surface area contributed by atoms with Crippen LogP contribution in [0.2, 0.25) is 0 Å². The highest BCUT2D eigenvalue weighted by Crippen LogP contribution is 2.27. The Balaban J connectivity index is 0.00000312. The van der Waals surface area contributed by atoms with E-state index in [2.05, 4.69) is 38.1 Å². The van der Waals surface area contributed by atoms with Gasteiger partial charge in [0, 0.05) is 12.0 Å². The zero-order chi connectivity index (χ0) is 17.1. The third-order valence-corrected chi connectivity index (χ3v) is 5.95. The highest BCUT2D eigenvalue weighted by Gasteiger charge is 2.31. The summed E-state index contributed by atoms with van der Waals surface area (Å²) in [6.45, 7) is 10.1. The molecule has 1 heterocycles. The van der Waals surface area contributed by atoms with Crippen LogP contribution in [0, 0.1) is 0 Å². The molecule has 0 saturated heterocycles. The monoisotopic (exact) mass is 409 g/mol. The van der Waals surface area contributed by atoms with E-state index in [0.717, 1.165) is 0 Å². The van der Waals surface area contributed by atoms with E-state index in [1.165, 1.54) is 101 Å². The molecule has 0 amide bonds. The van der Waals surface area contributed by atoms with Crippen molar-refractivity contribution in [1.29, 1.82) is 0 Å². The van der Waals surface area contributed by atoms with Gasteiger partial charge in [-0.15, -0.1) is 0 Å². The second-order valence-electron chi connectivity index (χ2n) is 8.02. The van der Waals surface area contributed by atoms with Gasteiger partial charge >= 0.3 is 0 Å². The van der Waals surface area contributed by atoms with Crippen LogP contribution < -0.4 is 17.0 Å². The van der Waals surface area contributed by atoms with Gasteiger partial charge in [-0.3, -0.25) is 0 Å². The minimum atomic E-state index is 0. The number of quaternary nitrogens is 1. The minimum absolute atomic E-state index is 0. The Morgan fingerprint density at radius 3 is 1.80 bits per heavy atom. The van der Waals surface area contributed by atoms with Crippen LogP contribution in [0.4, 0.5) is 0 Å². The van der Waals surface area contributed by atoms with E-state index < -0.39 is 0 Å². The average Bonchev–Trinajstić information content (AvgIpc) is 2.61. The van der Waals surface area contributed by atoms with E-state index in [-0.39, 0.29) is 17.0 Å². The quantitative estimate of drug-likeness (QED) is 0.366. The largest absolute Gasteiger partial charge is 1.00 e. The van der Waals surface area contributed by atoms with Crippen molar-refractivity contribution in [3.05, 3.63) is 35.4 Å². The number of unbranched alkanes of at least 4 members (excludes halogenated alkanes) is 8. The van der Waals surface area contributed by atoms with Crippen molar-refractivity contribution < 1.29 is 21.5 Å². The van der Waals surface area contributed by atoms with Gasteiger partial charge in [0.2, 0.25) is 0 Å². The van der Waals surface area contributed by atoms with Crippen molar-refractivity contribution in [3.63, 3.8) is 0 Å². The molecule has 0 spiro atoms. The van der Waals surface area contributed by atoms with Crippen LogP contribution in [0.5, 0.6) is 0 Å². The van der Waals surface area contributed by atoms with Crippen molar-refractivity contribution in [2.75, 3.05) is 19.6 Å². The van der Waals surface area contributed by atoms with Crippen molar-refractivity contribution in [2.45, 2.75) is 91.0 Å². The van der Waals surface area contributed by atoms with E-state index in [1.807, 2.05) is 0 Å². The Kier molecular flexibility index (Phi) is 11.7. The first-order chi connectivity index (χ1) is 11.8. The van der Waals surface area contributed by atoms with E-state index in [0.29, 0.717) is 0 Å². The number of benzene rings is 1. The highest BCUT2D eigenvalue weighted by atomic mass is 79.9. The zero-order valence-corrected chi connectivity index (χ0v) is 18.3. The van der Waals surface area contributed by atoms with Gasteiger partial charge in [0.15, 0.2) is 0 Å². The molecule has 0 saturated carbocycles. The van der Waals surface area contributed by atoms with E-state index in [1.54, 1.807) is 11.1 Å². The van der Waals surface area contributed by atoms with Crippen LogP contribution >= 0.6 is 0 Å². The average molecular weight is 410 g/mol. The molecule has 0 unspecified atom stereocenters. The fourth-order valence-corrected chi connectivity index (χ4v) is 4.35. The van der Waals surface area contributed by atoms with Crippen molar-refractivity contribution >= 4 is 0 Å². The maximum Gasteiger partial charge on any atom is 0.105 e. The van der Waals surface area contributed by atoms with Crippen LogP contribution in [0.15, 0.2) is 24.3 Å². The predicted octanol–water partition coefficient (Wildman–Crippen LogP) is 3.50. The lowest BCUT2D eigenvalue weighted by Crippen LogP contribution is -3.00. The molecule has 1 aromatic carbocycles. The van der Waals surface area contributed by atoms with Crippen LogP contribution in [-0.2, 0) is 13.0 Å². The van der Waals surface area contributed by atoms with Gasteiger partial charge in [-0.1, -0.05) is 76.6 Å². The summed E-state index contributed by atoms with van der Waals surface area (Å²) in [7, 11) is 0. The first-order valence-corrected chi connectivity index (χ1v) is 10.7. The van der Waals surface area contributed by atoms with Crippen molar-refractivity contribution in [3.8, 4) is 0 Å². The molecule has 2 heteroatoms.